The van der Waals surface area contributed by atoms with Crippen molar-refractivity contribution in [2.75, 3.05) is 7.05 Å². The predicted molar refractivity (Wildman–Crippen MR) is 41.7 cm³/mol. The summed E-state index contributed by atoms with van der Waals surface area (Å²) in [6, 6.07) is 5.62. The van der Waals surface area contributed by atoms with Crippen molar-refractivity contribution in [2.45, 2.75) is 6.54 Å². The highest BCUT2D eigenvalue weighted by molar-refractivity contribution is 5.26. The molecule has 0 saturated heterocycles. The smallest absolute Gasteiger partial charge is 0.101 e. The molecule has 1 aromatic heterocycles. The minimum absolute atomic E-state index is 0.602. The molecule has 56 valence electrons. The van der Waals surface area contributed by atoms with Crippen molar-refractivity contribution in [2.24, 2.45) is 0 Å². The molecule has 0 aliphatic heterocycles. The first kappa shape index (κ1) is 7.70. The molecule has 0 aromatic carbocycles. The van der Waals surface area contributed by atoms with E-state index in [0.717, 1.165) is 12.2 Å². The van der Waals surface area contributed by atoms with E-state index < -0.39 is 0 Å². The third-order valence-electron chi connectivity index (χ3n) is 1.31. The first-order valence-corrected chi connectivity index (χ1v) is 3.36. The van der Waals surface area contributed by atoms with Crippen LogP contribution in [0.4, 0.5) is 0 Å². The van der Waals surface area contributed by atoms with Gasteiger partial charge in [-0.25, -0.2) is 0 Å². The van der Waals surface area contributed by atoms with Crippen molar-refractivity contribution in [1.29, 1.82) is 5.26 Å². The fourth-order valence-corrected chi connectivity index (χ4v) is 0.776. The lowest BCUT2D eigenvalue weighted by molar-refractivity contribution is 0.791. The molecular weight excluding hydrogens is 138 g/mol. The van der Waals surface area contributed by atoms with E-state index in [1.54, 1.807) is 12.3 Å². The maximum atomic E-state index is 8.45. The molecule has 0 unspecified atom stereocenters. The lowest BCUT2D eigenvalue weighted by Gasteiger charge is -1.96. The van der Waals surface area contributed by atoms with Gasteiger partial charge in [-0.2, -0.15) is 5.26 Å². The molecule has 0 spiro atoms. The van der Waals surface area contributed by atoms with Crippen LogP contribution in [0.15, 0.2) is 18.3 Å². The molecule has 0 bridgehead atoms. The molecular formula is C8H9N3. The summed E-state index contributed by atoms with van der Waals surface area (Å²) in [5, 5.41) is 11.4. The number of hydrogen-bond donors (Lipinski definition) is 1. The van der Waals surface area contributed by atoms with Gasteiger partial charge in [0.25, 0.3) is 0 Å². The molecule has 1 rings (SSSR count). The maximum Gasteiger partial charge on any atom is 0.101 e. The molecule has 0 atom stereocenters. The topological polar surface area (TPSA) is 48.7 Å². The average molecular weight is 147 g/mol. The average Bonchev–Trinajstić information content (AvgIpc) is 2.07. The van der Waals surface area contributed by atoms with E-state index >= 15 is 0 Å². The van der Waals surface area contributed by atoms with Gasteiger partial charge in [-0.3, -0.25) is 4.98 Å². The van der Waals surface area contributed by atoms with Gasteiger partial charge < -0.3 is 5.32 Å². The predicted octanol–water partition coefficient (Wildman–Crippen LogP) is 0.673. The molecule has 0 radical (unpaired) electrons. The Morgan fingerprint density at radius 1 is 1.64 bits per heavy atom. The van der Waals surface area contributed by atoms with Crippen molar-refractivity contribution >= 4 is 0 Å². The van der Waals surface area contributed by atoms with Crippen molar-refractivity contribution in [1.82, 2.24) is 10.3 Å². The molecule has 0 fully saturated rings. The lowest BCUT2D eigenvalue weighted by Crippen LogP contribution is -2.06. The Morgan fingerprint density at radius 3 is 2.91 bits per heavy atom. The summed E-state index contributed by atoms with van der Waals surface area (Å²) in [4.78, 5) is 4.05. The van der Waals surface area contributed by atoms with Crippen LogP contribution in [-0.4, -0.2) is 12.0 Å². The Balaban J connectivity index is 2.76. The van der Waals surface area contributed by atoms with Crippen LogP contribution in [0.3, 0.4) is 0 Å². The van der Waals surface area contributed by atoms with E-state index in [4.69, 9.17) is 5.26 Å². The van der Waals surface area contributed by atoms with Crippen LogP contribution in [0.2, 0.25) is 0 Å². The van der Waals surface area contributed by atoms with E-state index in [-0.39, 0.29) is 0 Å². The molecule has 1 aromatic rings. The van der Waals surface area contributed by atoms with Crippen LogP contribution in [0.5, 0.6) is 0 Å². The molecule has 0 aliphatic rings. The van der Waals surface area contributed by atoms with Crippen LogP contribution in [0.25, 0.3) is 0 Å². The summed E-state index contributed by atoms with van der Waals surface area (Å²) < 4.78 is 0. The standard InChI is InChI=1S/C8H9N3/c1-10-6-8-3-2-7(4-9)5-11-8/h2-3,5,10H,6H2,1H3. The fraction of sp³-hybridized carbons (Fsp3) is 0.250. The Bertz CT molecular complexity index is 258. The van der Waals surface area contributed by atoms with Gasteiger partial charge in [0.05, 0.1) is 11.3 Å². The molecule has 0 aliphatic carbocycles. The van der Waals surface area contributed by atoms with E-state index in [0.29, 0.717) is 5.56 Å². The second kappa shape index (κ2) is 3.69. The van der Waals surface area contributed by atoms with E-state index in [9.17, 15) is 0 Å². The second-order valence-electron chi connectivity index (χ2n) is 2.18. The maximum absolute atomic E-state index is 8.45. The van der Waals surface area contributed by atoms with Gasteiger partial charge in [0.2, 0.25) is 0 Å². The summed E-state index contributed by atoms with van der Waals surface area (Å²) in [6.07, 6.45) is 1.58. The molecule has 3 heteroatoms. The molecule has 1 N–H and O–H groups in total. The quantitative estimate of drug-likeness (QED) is 0.669. The Kier molecular flexibility index (Phi) is 2.59. The number of aromatic nitrogens is 1. The van der Waals surface area contributed by atoms with E-state index in [1.807, 2.05) is 19.2 Å². The summed E-state index contributed by atoms with van der Waals surface area (Å²) in [7, 11) is 1.86. The minimum atomic E-state index is 0.602. The molecule has 11 heavy (non-hydrogen) atoms. The zero-order chi connectivity index (χ0) is 8.10. The van der Waals surface area contributed by atoms with Crippen molar-refractivity contribution in [3.63, 3.8) is 0 Å². The summed E-state index contributed by atoms with van der Waals surface area (Å²) in [5.74, 6) is 0. The normalized spacial score (nSPS) is 9.09. The minimum Gasteiger partial charge on any atom is -0.314 e. The van der Waals surface area contributed by atoms with Gasteiger partial charge in [0.1, 0.15) is 6.07 Å². The largest absolute Gasteiger partial charge is 0.314 e. The number of nitrogens with zero attached hydrogens (tertiary/aromatic N) is 2. The first-order chi connectivity index (χ1) is 5.36. The fourth-order valence-electron chi connectivity index (χ4n) is 0.776. The van der Waals surface area contributed by atoms with Gasteiger partial charge in [-0.1, -0.05) is 0 Å². The molecule has 0 saturated carbocycles. The van der Waals surface area contributed by atoms with Gasteiger partial charge in [0.15, 0.2) is 0 Å². The monoisotopic (exact) mass is 147 g/mol. The SMILES string of the molecule is CNCc1ccc(C#N)cn1. The number of rotatable bonds is 2. The third kappa shape index (κ3) is 2.03. The van der Waals surface area contributed by atoms with E-state index in [1.165, 1.54) is 0 Å². The van der Waals surface area contributed by atoms with Crippen LogP contribution >= 0.6 is 0 Å². The highest BCUT2D eigenvalue weighted by Crippen LogP contribution is 1.97. The number of hydrogen-bond acceptors (Lipinski definition) is 3. The Hall–Kier alpha value is -1.40. The van der Waals surface area contributed by atoms with Gasteiger partial charge in [-0.15, -0.1) is 0 Å². The Labute approximate surface area is 65.7 Å². The Morgan fingerprint density at radius 2 is 2.45 bits per heavy atom. The van der Waals surface area contributed by atoms with Crippen molar-refractivity contribution in [3.05, 3.63) is 29.6 Å². The zero-order valence-corrected chi connectivity index (χ0v) is 6.33. The molecule has 0 amide bonds. The number of nitriles is 1. The lowest BCUT2D eigenvalue weighted by atomic mass is 10.3. The summed E-state index contributed by atoms with van der Waals surface area (Å²) in [6.45, 7) is 0.742. The van der Waals surface area contributed by atoms with Gasteiger partial charge in [-0.05, 0) is 19.2 Å². The van der Waals surface area contributed by atoms with Crippen LogP contribution in [-0.2, 0) is 6.54 Å². The molecule has 1 heterocycles. The van der Waals surface area contributed by atoms with E-state index in [2.05, 4.69) is 10.3 Å². The molecule has 3 nitrogen and oxygen atoms in total. The number of nitrogens with one attached hydrogen (secondary N) is 1. The van der Waals surface area contributed by atoms with Crippen LogP contribution in [0, 0.1) is 11.3 Å². The van der Waals surface area contributed by atoms with Crippen LogP contribution < -0.4 is 5.32 Å². The second-order valence-corrected chi connectivity index (χ2v) is 2.18. The van der Waals surface area contributed by atoms with Crippen molar-refractivity contribution < 1.29 is 0 Å². The van der Waals surface area contributed by atoms with Gasteiger partial charge in [0, 0.05) is 12.7 Å². The van der Waals surface area contributed by atoms with Crippen molar-refractivity contribution in [3.8, 4) is 6.07 Å². The number of pyridine rings is 1. The summed E-state index contributed by atoms with van der Waals surface area (Å²) in [5.41, 5.74) is 1.55. The van der Waals surface area contributed by atoms with Crippen LogP contribution in [0.1, 0.15) is 11.3 Å². The van der Waals surface area contributed by atoms with Gasteiger partial charge >= 0.3 is 0 Å². The highest BCUT2D eigenvalue weighted by Gasteiger charge is 1.91. The third-order valence-corrected chi connectivity index (χ3v) is 1.31. The highest BCUT2D eigenvalue weighted by atomic mass is 14.8. The zero-order valence-electron chi connectivity index (χ0n) is 6.33. The summed E-state index contributed by atoms with van der Waals surface area (Å²) >= 11 is 0. The first-order valence-electron chi connectivity index (χ1n) is 3.36.